The number of anilines is 1. The number of nitrogens with one attached hydrogen (secondary N) is 2. The number of rotatable bonds is 5. The predicted octanol–water partition coefficient (Wildman–Crippen LogP) is 4.45. The molecular formula is C22H20N2O4. The van der Waals surface area contributed by atoms with E-state index in [1.54, 1.807) is 13.2 Å². The maximum absolute atomic E-state index is 12.5. The molecule has 4 aromatic rings. The van der Waals surface area contributed by atoms with Gasteiger partial charge in [0, 0.05) is 16.8 Å². The molecule has 1 atom stereocenters. The monoisotopic (exact) mass is 376 g/mol. The van der Waals surface area contributed by atoms with Crippen LogP contribution in [0, 0.1) is 0 Å². The molecule has 28 heavy (non-hydrogen) atoms. The summed E-state index contributed by atoms with van der Waals surface area (Å²) in [7, 11) is 1.55. The van der Waals surface area contributed by atoms with Crippen LogP contribution in [0.4, 0.5) is 10.5 Å². The summed E-state index contributed by atoms with van der Waals surface area (Å²) in [6.07, 6.45) is 0. The molecule has 6 nitrogen and oxygen atoms in total. The highest BCUT2D eigenvalue weighted by Gasteiger charge is 2.17. The molecule has 4 rings (SSSR count). The molecule has 0 saturated heterocycles. The summed E-state index contributed by atoms with van der Waals surface area (Å²) in [6, 6.07) is 19.7. The van der Waals surface area contributed by atoms with Crippen molar-refractivity contribution in [2.45, 2.75) is 6.04 Å². The van der Waals surface area contributed by atoms with Crippen molar-refractivity contribution in [3.8, 4) is 5.75 Å². The summed E-state index contributed by atoms with van der Waals surface area (Å²) in [5.74, 6) is 0.523. The first kappa shape index (κ1) is 17.9. The molecule has 0 aliphatic heterocycles. The molecule has 0 spiro atoms. The van der Waals surface area contributed by atoms with E-state index < -0.39 is 12.1 Å². The van der Waals surface area contributed by atoms with Gasteiger partial charge in [0.15, 0.2) is 0 Å². The zero-order chi connectivity index (χ0) is 19.5. The van der Waals surface area contributed by atoms with Gasteiger partial charge in [0.05, 0.1) is 25.4 Å². The van der Waals surface area contributed by atoms with Crippen molar-refractivity contribution in [1.29, 1.82) is 0 Å². The third-order valence-corrected chi connectivity index (χ3v) is 4.64. The molecule has 0 saturated carbocycles. The summed E-state index contributed by atoms with van der Waals surface area (Å²) in [6.45, 7) is -0.211. The van der Waals surface area contributed by atoms with Gasteiger partial charge in [-0.2, -0.15) is 0 Å². The number of para-hydroxylation sites is 1. The highest BCUT2D eigenvalue weighted by atomic mass is 16.5. The highest BCUT2D eigenvalue weighted by Crippen LogP contribution is 2.36. The fourth-order valence-electron chi connectivity index (χ4n) is 3.25. The predicted molar refractivity (Wildman–Crippen MR) is 109 cm³/mol. The van der Waals surface area contributed by atoms with Gasteiger partial charge in [0.25, 0.3) is 0 Å². The van der Waals surface area contributed by atoms with E-state index in [9.17, 15) is 9.90 Å². The minimum atomic E-state index is -0.512. The van der Waals surface area contributed by atoms with E-state index in [1.807, 2.05) is 60.7 Å². The standard InChI is InChI=1S/C22H20N2O4/c1-27-21-11-16-15-9-5-6-10-19(15)28-20(16)12-17(21)23-22(26)24-18(13-25)14-7-3-2-4-8-14/h2-12,18,25H,13H2,1H3,(H2,23,24,26). The first-order valence-corrected chi connectivity index (χ1v) is 8.92. The van der Waals surface area contributed by atoms with Gasteiger partial charge in [0.1, 0.15) is 16.9 Å². The van der Waals surface area contributed by atoms with E-state index >= 15 is 0 Å². The summed E-state index contributed by atoms with van der Waals surface area (Å²) >= 11 is 0. The molecule has 1 heterocycles. The number of furan rings is 1. The third-order valence-electron chi connectivity index (χ3n) is 4.64. The molecule has 0 aliphatic carbocycles. The van der Waals surface area contributed by atoms with Crippen LogP contribution in [0.5, 0.6) is 5.75 Å². The number of aliphatic hydroxyl groups excluding tert-OH is 1. The van der Waals surface area contributed by atoms with E-state index in [0.717, 1.165) is 21.9 Å². The number of benzene rings is 3. The van der Waals surface area contributed by atoms with Crippen molar-refractivity contribution >= 4 is 33.7 Å². The fraction of sp³-hybridized carbons (Fsp3) is 0.136. The zero-order valence-corrected chi connectivity index (χ0v) is 15.3. The Morgan fingerprint density at radius 1 is 1.04 bits per heavy atom. The number of aliphatic hydroxyl groups is 1. The van der Waals surface area contributed by atoms with E-state index in [0.29, 0.717) is 17.0 Å². The van der Waals surface area contributed by atoms with Gasteiger partial charge in [-0.25, -0.2) is 4.79 Å². The number of methoxy groups -OCH3 is 1. The Labute approximate surface area is 161 Å². The Morgan fingerprint density at radius 2 is 1.79 bits per heavy atom. The number of hydrogen-bond acceptors (Lipinski definition) is 4. The normalized spacial score (nSPS) is 12.1. The lowest BCUT2D eigenvalue weighted by Crippen LogP contribution is -2.34. The van der Waals surface area contributed by atoms with Crippen LogP contribution in [0.25, 0.3) is 21.9 Å². The summed E-state index contributed by atoms with van der Waals surface area (Å²) in [5, 5.41) is 17.1. The number of urea groups is 1. The second-order valence-corrected chi connectivity index (χ2v) is 6.39. The summed E-state index contributed by atoms with van der Waals surface area (Å²) < 4.78 is 11.3. The van der Waals surface area contributed by atoms with Crippen molar-refractivity contribution in [2.75, 3.05) is 19.0 Å². The number of amides is 2. The van der Waals surface area contributed by atoms with Gasteiger partial charge >= 0.3 is 6.03 Å². The summed E-state index contributed by atoms with van der Waals surface area (Å²) in [4.78, 5) is 12.5. The zero-order valence-electron chi connectivity index (χ0n) is 15.3. The number of hydrogen-bond donors (Lipinski definition) is 3. The second kappa shape index (κ2) is 7.62. The number of carbonyl (C=O) groups excluding carboxylic acids is 1. The molecule has 0 bridgehead atoms. The molecule has 0 radical (unpaired) electrons. The maximum atomic E-state index is 12.5. The van der Waals surface area contributed by atoms with Crippen LogP contribution in [0.1, 0.15) is 11.6 Å². The first-order chi connectivity index (χ1) is 13.7. The Bertz CT molecular complexity index is 1120. The van der Waals surface area contributed by atoms with Crippen molar-refractivity contribution in [1.82, 2.24) is 5.32 Å². The van der Waals surface area contributed by atoms with Gasteiger partial charge in [-0.15, -0.1) is 0 Å². The molecule has 1 aromatic heterocycles. The number of fused-ring (bicyclic) bond motifs is 3. The number of carbonyl (C=O) groups is 1. The average Bonchev–Trinajstić information content (AvgIpc) is 3.09. The molecule has 3 N–H and O–H groups in total. The molecule has 142 valence electrons. The largest absolute Gasteiger partial charge is 0.495 e. The van der Waals surface area contributed by atoms with Crippen LogP contribution in [0.2, 0.25) is 0 Å². The Morgan fingerprint density at radius 3 is 2.54 bits per heavy atom. The Balaban J connectivity index is 1.61. The SMILES string of the molecule is COc1cc2c(cc1NC(=O)NC(CO)c1ccccc1)oc1ccccc12. The second-order valence-electron chi connectivity index (χ2n) is 6.39. The van der Waals surface area contributed by atoms with E-state index in [-0.39, 0.29) is 6.61 Å². The summed E-state index contributed by atoms with van der Waals surface area (Å²) in [5.41, 5.74) is 2.72. The molecular weight excluding hydrogens is 356 g/mol. The minimum absolute atomic E-state index is 0.211. The van der Waals surface area contributed by atoms with E-state index in [4.69, 9.17) is 9.15 Å². The minimum Gasteiger partial charge on any atom is -0.495 e. The van der Waals surface area contributed by atoms with Gasteiger partial charge in [-0.05, 0) is 17.7 Å². The van der Waals surface area contributed by atoms with E-state index in [1.165, 1.54) is 0 Å². The van der Waals surface area contributed by atoms with Crippen molar-refractivity contribution in [3.63, 3.8) is 0 Å². The van der Waals surface area contributed by atoms with Gasteiger partial charge < -0.3 is 24.9 Å². The Kier molecular flexibility index (Phi) is 4.87. The van der Waals surface area contributed by atoms with Crippen molar-refractivity contribution < 1.29 is 19.1 Å². The Hall–Kier alpha value is -3.51. The van der Waals surface area contributed by atoms with E-state index in [2.05, 4.69) is 10.6 Å². The van der Waals surface area contributed by atoms with Crippen molar-refractivity contribution in [2.24, 2.45) is 0 Å². The molecule has 0 aliphatic rings. The lowest BCUT2D eigenvalue weighted by Gasteiger charge is -2.18. The molecule has 2 amide bonds. The lowest BCUT2D eigenvalue weighted by atomic mass is 10.1. The van der Waals surface area contributed by atoms with Crippen LogP contribution in [0.15, 0.2) is 71.1 Å². The van der Waals surface area contributed by atoms with Crippen LogP contribution >= 0.6 is 0 Å². The van der Waals surface area contributed by atoms with Gasteiger partial charge in [0.2, 0.25) is 0 Å². The fourth-order valence-corrected chi connectivity index (χ4v) is 3.25. The van der Waals surface area contributed by atoms with Gasteiger partial charge in [-0.3, -0.25) is 0 Å². The first-order valence-electron chi connectivity index (χ1n) is 8.92. The van der Waals surface area contributed by atoms with Crippen LogP contribution in [-0.2, 0) is 0 Å². The molecule has 1 unspecified atom stereocenters. The third kappa shape index (κ3) is 3.37. The van der Waals surface area contributed by atoms with Crippen LogP contribution in [-0.4, -0.2) is 24.9 Å². The van der Waals surface area contributed by atoms with Crippen LogP contribution in [0.3, 0.4) is 0 Å². The molecule has 3 aromatic carbocycles. The van der Waals surface area contributed by atoms with Crippen LogP contribution < -0.4 is 15.4 Å². The maximum Gasteiger partial charge on any atom is 0.319 e. The molecule has 6 heteroatoms. The van der Waals surface area contributed by atoms with Crippen molar-refractivity contribution in [3.05, 3.63) is 72.3 Å². The highest BCUT2D eigenvalue weighted by molar-refractivity contribution is 6.07. The topological polar surface area (TPSA) is 83.7 Å². The smallest absolute Gasteiger partial charge is 0.319 e. The number of ether oxygens (including phenoxy) is 1. The lowest BCUT2D eigenvalue weighted by molar-refractivity contribution is 0.225. The quantitative estimate of drug-likeness (QED) is 0.480. The average molecular weight is 376 g/mol. The van der Waals surface area contributed by atoms with Gasteiger partial charge in [-0.1, -0.05) is 48.5 Å². The molecule has 0 fully saturated rings.